The first-order valence-corrected chi connectivity index (χ1v) is 6.93. The predicted octanol–water partition coefficient (Wildman–Crippen LogP) is 2.51. The molecule has 0 bridgehead atoms. The van der Waals surface area contributed by atoms with Gasteiger partial charge in [-0.15, -0.1) is 11.3 Å². The zero-order chi connectivity index (χ0) is 12.3. The first kappa shape index (κ1) is 12.5. The SMILES string of the molecule is CC(N)c1nc(C(=O)OCCC2CCC2)cs1. The molecule has 1 aromatic rings. The van der Waals surface area contributed by atoms with Crippen LogP contribution < -0.4 is 5.73 Å². The van der Waals surface area contributed by atoms with Crippen LogP contribution in [0.15, 0.2) is 5.38 Å². The van der Waals surface area contributed by atoms with E-state index in [1.165, 1.54) is 30.6 Å². The van der Waals surface area contributed by atoms with Crippen LogP contribution >= 0.6 is 11.3 Å². The van der Waals surface area contributed by atoms with Crippen molar-refractivity contribution in [1.82, 2.24) is 4.98 Å². The van der Waals surface area contributed by atoms with Gasteiger partial charge in [0.2, 0.25) is 0 Å². The molecule has 1 unspecified atom stereocenters. The van der Waals surface area contributed by atoms with Crippen molar-refractivity contribution < 1.29 is 9.53 Å². The molecular formula is C12H18N2O2S. The monoisotopic (exact) mass is 254 g/mol. The molecule has 1 heterocycles. The Hall–Kier alpha value is -0.940. The van der Waals surface area contributed by atoms with Gasteiger partial charge in [-0.3, -0.25) is 0 Å². The Labute approximate surface area is 105 Å². The lowest BCUT2D eigenvalue weighted by Crippen LogP contribution is -2.15. The number of carbonyl (C=O) groups is 1. The minimum absolute atomic E-state index is 0.128. The quantitative estimate of drug-likeness (QED) is 0.820. The second kappa shape index (κ2) is 5.60. The predicted molar refractivity (Wildman–Crippen MR) is 67.0 cm³/mol. The maximum absolute atomic E-state index is 11.6. The second-order valence-electron chi connectivity index (χ2n) is 4.58. The Morgan fingerprint density at radius 3 is 3.00 bits per heavy atom. The summed E-state index contributed by atoms with van der Waals surface area (Å²) in [5.74, 6) is 0.435. The number of carbonyl (C=O) groups excluding carboxylic acids is 1. The first-order chi connectivity index (χ1) is 8.16. The summed E-state index contributed by atoms with van der Waals surface area (Å²) in [4.78, 5) is 15.8. The molecule has 1 saturated carbocycles. The van der Waals surface area contributed by atoms with Crippen molar-refractivity contribution in [2.75, 3.05) is 6.61 Å². The number of rotatable bonds is 5. The minimum Gasteiger partial charge on any atom is -0.461 e. The highest BCUT2D eigenvalue weighted by molar-refractivity contribution is 7.09. The topological polar surface area (TPSA) is 65.2 Å². The van der Waals surface area contributed by atoms with Gasteiger partial charge in [-0.1, -0.05) is 19.3 Å². The number of nitrogens with zero attached hydrogens (tertiary/aromatic N) is 1. The van der Waals surface area contributed by atoms with Crippen LogP contribution in [0.2, 0.25) is 0 Å². The highest BCUT2D eigenvalue weighted by atomic mass is 32.1. The van der Waals surface area contributed by atoms with Gasteiger partial charge in [-0.25, -0.2) is 9.78 Å². The van der Waals surface area contributed by atoms with Gasteiger partial charge in [0.15, 0.2) is 5.69 Å². The van der Waals surface area contributed by atoms with E-state index in [1.54, 1.807) is 5.38 Å². The number of thiazole rings is 1. The molecule has 1 aliphatic rings. The molecule has 2 N–H and O–H groups in total. The van der Waals surface area contributed by atoms with Crippen molar-refractivity contribution in [1.29, 1.82) is 0 Å². The summed E-state index contributed by atoms with van der Waals surface area (Å²) >= 11 is 1.40. The number of hydrogen-bond acceptors (Lipinski definition) is 5. The number of hydrogen-bond donors (Lipinski definition) is 1. The van der Waals surface area contributed by atoms with Crippen LogP contribution in [-0.2, 0) is 4.74 Å². The zero-order valence-corrected chi connectivity index (χ0v) is 10.8. The van der Waals surface area contributed by atoms with Crippen LogP contribution in [0.25, 0.3) is 0 Å². The molecule has 1 aromatic heterocycles. The Morgan fingerprint density at radius 1 is 1.71 bits per heavy atom. The summed E-state index contributed by atoms with van der Waals surface area (Å²) in [6, 6.07) is -0.128. The highest BCUT2D eigenvalue weighted by Crippen LogP contribution is 2.29. The summed E-state index contributed by atoms with van der Waals surface area (Å²) in [6.45, 7) is 2.36. The molecule has 0 spiro atoms. The lowest BCUT2D eigenvalue weighted by atomic mass is 9.83. The second-order valence-corrected chi connectivity index (χ2v) is 5.47. The van der Waals surface area contributed by atoms with Gasteiger partial charge in [0.25, 0.3) is 0 Å². The van der Waals surface area contributed by atoms with Crippen LogP contribution in [0, 0.1) is 5.92 Å². The maximum Gasteiger partial charge on any atom is 0.357 e. The average molecular weight is 254 g/mol. The van der Waals surface area contributed by atoms with Gasteiger partial charge >= 0.3 is 5.97 Å². The molecule has 2 rings (SSSR count). The van der Waals surface area contributed by atoms with E-state index in [1.807, 2.05) is 6.92 Å². The van der Waals surface area contributed by atoms with E-state index in [9.17, 15) is 4.79 Å². The normalized spacial score (nSPS) is 17.5. The van der Waals surface area contributed by atoms with Gasteiger partial charge in [-0.2, -0.15) is 0 Å². The van der Waals surface area contributed by atoms with Gasteiger partial charge in [0.1, 0.15) is 5.01 Å². The molecule has 5 heteroatoms. The Balaban J connectivity index is 1.77. The summed E-state index contributed by atoms with van der Waals surface area (Å²) in [5.41, 5.74) is 6.07. The van der Waals surface area contributed by atoms with E-state index in [-0.39, 0.29) is 12.0 Å². The largest absolute Gasteiger partial charge is 0.461 e. The first-order valence-electron chi connectivity index (χ1n) is 6.05. The fourth-order valence-corrected chi connectivity index (χ4v) is 2.51. The third-order valence-electron chi connectivity index (χ3n) is 3.10. The zero-order valence-electron chi connectivity index (χ0n) is 10.0. The van der Waals surface area contributed by atoms with E-state index in [4.69, 9.17) is 10.5 Å². The molecule has 94 valence electrons. The van der Waals surface area contributed by atoms with E-state index in [0.29, 0.717) is 12.3 Å². The molecule has 0 radical (unpaired) electrons. The van der Waals surface area contributed by atoms with Gasteiger partial charge in [-0.05, 0) is 19.3 Å². The highest BCUT2D eigenvalue weighted by Gasteiger charge is 2.18. The van der Waals surface area contributed by atoms with Crippen LogP contribution in [-0.4, -0.2) is 17.6 Å². The van der Waals surface area contributed by atoms with Crippen LogP contribution in [0.5, 0.6) is 0 Å². The van der Waals surface area contributed by atoms with Crippen LogP contribution in [0.1, 0.15) is 54.1 Å². The van der Waals surface area contributed by atoms with E-state index in [2.05, 4.69) is 4.98 Å². The van der Waals surface area contributed by atoms with E-state index in [0.717, 1.165) is 17.3 Å². The van der Waals surface area contributed by atoms with E-state index < -0.39 is 0 Å². The minimum atomic E-state index is -0.326. The number of aromatic nitrogens is 1. The molecule has 1 aliphatic carbocycles. The number of esters is 1. The fraction of sp³-hybridized carbons (Fsp3) is 0.667. The van der Waals surface area contributed by atoms with Gasteiger partial charge in [0, 0.05) is 5.38 Å². The average Bonchev–Trinajstić information content (AvgIpc) is 2.70. The van der Waals surface area contributed by atoms with Crippen molar-refractivity contribution in [2.24, 2.45) is 11.7 Å². The molecule has 17 heavy (non-hydrogen) atoms. The smallest absolute Gasteiger partial charge is 0.357 e. The number of ether oxygens (including phenoxy) is 1. The van der Waals surface area contributed by atoms with Gasteiger partial charge in [0.05, 0.1) is 12.6 Å². The maximum atomic E-state index is 11.6. The Morgan fingerprint density at radius 2 is 2.47 bits per heavy atom. The van der Waals surface area contributed by atoms with Crippen molar-refractivity contribution in [3.05, 3.63) is 16.1 Å². The van der Waals surface area contributed by atoms with Crippen molar-refractivity contribution >= 4 is 17.3 Å². The molecule has 0 aromatic carbocycles. The summed E-state index contributed by atoms with van der Waals surface area (Å²) < 4.78 is 5.19. The Bertz CT molecular complexity index is 386. The fourth-order valence-electron chi connectivity index (χ4n) is 1.76. The summed E-state index contributed by atoms with van der Waals surface area (Å²) in [7, 11) is 0. The molecular weight excluding hydrogens is 236 g/mol. The standard InChI is InChI=1S/C12H18N2O2S/c1-8(13)11-14-10(7-17-11)12(15)16-6-5-9-3-2-4-9/h7-9H,2-6,13H2,1H3. The Kier molecular flexibility index (Phi) is 4.12. The molecule has 1 atom stereocenters. The lowest BCUT2D eigenvalue weighted by Gasteiger charge is -2.24. The number of nitrogens with two attached hydrogens (primary N) is 1. The molecule has 4 nitrogen and oxygen atoms in total. The van der Waals surface area contributed by atoms with Crippen molar-refractivity contribution in [3.63, 3.8) is 0 Å². The molecule has 0 saturated heterocycles. The van der Waals surface area contributed by atoms with Crippen molar-refractivity contribution in [3.8, 4) is 0 Å². The third kappa shape index (κ3) is 3.26. The van der Waals surface area contributed by atoms with Crippen molar-refractivity contribution in [2.45, 2.75) is 38.6 Å². The van der Waals surface area contributed by atoms with Crippen LogP contribution in [0.4, 0.5) is 0 Å². The molecule has 0 amide bonds. The summed E-state index contributed by atoms with van der Waals surface area (Å²) in [5, 5.41) is 2.49. The van der Waals surface area contributed by atoms with Gasteiger partial charge < -0.3 is 10.5 Å². The lowest BCUT2D eigenvalue weighted by molar-refractivity contribution is 0.0458. The summed E-state index contributed by atoms with van der Waals surface area (Å²) in [6.07, 6.45) is 4.87. The van der Waals surface area contributed by atoms with Crippen LogP contribution in [0.3, 0.4) is 0 Å². The molecule has 0 aliphatic heterocycles. The third-order valence-corrected chi connectivity index (χ3v) is 4.15. The molecule has 1 fully saturated rings. The van der Waals surface area contributed by atoms with E-state index >= 15 is 0 Å².